The number of para-hydroxylation sites is 1. The number of hydrogen-bond donors (Lipinski definition) is 1. The average molecular weight is 418 g/mol. The van der Waals surface area contributed by atoms with Crippen LogP contribution in [0.2, 0.25) is 0 Å². The van der Waals surface area contributed by atoms with Gasteiger partial charge in [0.15, 0.2) is 0 Å². The predicted molar refractivity (Wildman–Crippen MR) is 120 cm³/mol. The SMILES string of the molecule is CN(C)Cc1ccccc1CNC(=O)c1csc(-c2cnn(-c3ccccc3)c2)n1. The van der Waals surface area contributed by atoms with Crippen LogP contribution in [-0.2, 0) is 13.1 Å². The lowest BCUT2D eigenvalue weighted by Gasteiger charge is -2.14. The first-order chi connectivity index (χ1) is 14.6. The number of carbonyl (C=O) groups excluding carboxylic acids is 1. The van der Waals surface area contributed by atoms with Gasteiger partial charge in [0, 0.05) is 30.2 Å². The third-order valence-corrected chi connectivity index (χ3v) is 5.52. The fourth-order valence-electron chi connectivity index (χ4n) is 3.16. The third-order valence-electron chi connectivity index (χ3n) is 4.63. The monoisotopic (exact) mass is 417 g/mol. The lowest BCUT2D eigenvalue weighted by Crippen LogP contribution is -2.24. The molecule has 6 nitrogen and oxygen atoms in total. The summed E-state index contributed by atoms with van der Waals surface area (Å²) in [6, 6.07) is 18.0. The molecule has 1 amide bonds. The molecule has 0 atom stereocenters. The number of carbonyl (C=O) groups is 1. The van der Waals surface area contributed by atoms with Crippen molar-refractivity contribution in [3.63, 3.8) is 0 Å². The zero-order chi connectivity index (χ0) is 20.9. The molecule has 0 saturated heterocycles. The quantitative estimate of drug-likeness (QED) is 0.494. The molecule has 2 aromatic heterocycles. The maximum absolute atomic E-state index is 12.6. The van der Waals surface area contributed by atoms with Gasteiger partial charge in [0.1, 0.15) is 10.7 Å². The van der Waals surface area contributed by atoms with Crippen molar-refractivity contribution in [1.82, 2.24) is 25.0 Å². The summed E-state index contributed by atoms with van der Waals surface area (Å²) in [6.07, 6.45) is 3.69. The van der Waals surface area contributed by atoms with E-state index in [-0.39, 0.29) is 5.91 Å². The Hall–Kier alpha value is -3.29. The number of amides is 1. The molecule has 4 rings (SSSR count). The van der Waals surface area contributed by atoms with Crippen LogP contribution in [0.3, 0.4) is 0 Å². The zero-order valence-electron chi connectivity index (χ0n) is 16.9. The minimum Gasteiger partial charge on any atom is -0.347 e. The van der Waals surface area contributed by atoms with E-state index in [0.717, 1.165) is 28.4 Å². The van der Waals surface area contributed by atoms with E-state index in [0.29, 0.717) is 12.2 Å². The molecule has 7 heteroatoms. The smallest absolute Gasteiger partial charge is 0.271 e. The van der Waals surface area contributed by atoms with E-state index >= 15 is 0 Å². The fourth-order valence-corrected chi connectivity index (χ4v) is 3.93. The predicted octanol–water partition coefficient (Wildman–Crippen LogP) is 3.99. The van der Waals surface area contributed by atoms with Crippen LogP contribution < -0.4 is 5.32 Å². The van der Waals surface area contributed by atoms with Crippen LogP contribution in [0.1, 0.15) is 21.6 Å². The second-order valence-electron chi connectivity index (χ2n) is 7.24. The first-order valence-electron chi connectivity index (χ1n) is 9.66. The van der Waals surface area contributed by atoms with Gasteiger partial charge in [0.2, 0.25) is 0 Å². The van der Waals surface area contributed by atoms with E-state index in [1.807, 2.05) is 68.8 Å². The van der Waals surface area contributed by atoms with Gasteiger partial charge in [-0.3, -0.25) is 4.79 Å². The Bertz CT molecular complexity index is 1130. The minimum atomic E-state index is -0.174. The number of thiazole rings is 1. The van der Waals surface area contributed by atoms with Gasteiger partial charge in [-0.2, -0.15) is 5.10 Å². The molecular formula is C23H23N5OS. The second-order valence-corrected chi connectivity index (χ2v) is 8.09. The summed E-state index contributed by atoms with van der Waals surface area (Å²) < 4.78 is 1.80. The molecule has 0 aliphatic heterocycles. The van der Waals surface area contributed by atoms with Crippen LogP contribution in [-0.4, -0.2) is 39.7 Å². The van der Waals surface area contributed by atoms with E-state index in [1.54, 1.807) is 16.3 Å². The van der Waals surface area contributed by atoms with Gasteiger partial charge < -0.3 is 10.2 Å². The second kappa shape index (κ2) is 9.02. The van der Waals surface area contributed by atoms with E-state index in [2.05, 4.69) is 26.4 Å². The molecular weight excluding hydrogens is 394 g/mol. The number of aromatic nitrogens is 3. The molecule has 0 saturated carbocycles. The van der Waals surface area contributed by atoms with Crippen molar-refractivity contribution in [3.8, 4) is 16.3 Å². The van der Waals surface area contributed by atoms with Crippen molar-refractivity contribution in [2.45, 2.75) is 13.1 Å². The maximum Gasteiger partial charge on any atom is 0.271 e. The topological polar surface area (TPSA) is 63.1 Å². The Kier molecular flexibility index (Phi) is 6.02. The Balaban J connectivity index is 1.43. The first kappa shape index (κ1) is 20.0. The van der Waals surface area contributed by atoms with Crippen molar-refractivity contribution in [2.75, 3.05) is 14.1 Å². The summed E-state index contributed by atoms with van der Waals surface area (Å²) in [7, 11) is 4.07. The van der Waals surface area contributed by atoms with Gasteiger partial charge in [0.05, 0.1) is 11.9 Å². The standard InChI is InChI=1S/C23H23N5OS/c1-27(2)14-18-9-7-6-8-17(18)12-24-22(29)21-16-30-23(26-21)19-13-25-28(15-19)20-10-4-3-5-11-20/h3-11,13,15-16H,12,14H2,1-2H3,(H,24,29). The Morgan fingerprint density at radius 2 is 1.80 bits per heavy atom. The molecule has 0 aliphatic rings. The summed E-state index contributed by atoms with van der Waals surface area (Å²) in [6.45, 7) is 1.31. The van der Waals surface area contributed by atoms with Crippen molar-refractivity contribution >= 4 is 17.2 Å². The van der Waals surface area contributed by atoms with Crippen LogP contribution >= 0.6 is 11.3 Å². The highest BCUT2D eigenvalue weighted by Gasteiger charge is 2.14. The summed E-state index contributed by atoms with van der Waals surface area (Å²) in [5, 5.41) is 9.96. The number of rotatable bonds is 7. The van der Waals surface area contributed by atoms with Crippen LogP contribution in [0, 0.1) is 0 Å². The molecule has 1 N–H and O–H groups in total. The van der Waals surface area contributed by atoms with Crippen molar-refractivity contribution in [3.05, 3.63) is 89.2 Å². The highest BCUT2D eigenvalue weighted by atomic mass is 32.1. The Labute approximate surface area is 179 Å². The Morgan fingerprint density at radius 1 is 1.07 bits per heavy atom. The largest absolute Gasteiger partial charge is 0.347 e. The zero-order valence-corrected chi connectivity index (χ0v) is 17.8. The van der Waals surface area contributed by atoms with Crippen LogP contribution in [0.5, 0.6) is 0 Å². The van der Waals surface area contributed by atoms with Crippen LogP contribution in [0.15, 0.2) is 72.4 Å². The summed E-state index contributed by atoms with van der Waals surface area (Å²) in [5.41, 5.74) is 4.61. The summed E-state index contributed by atoms with van der Waals surface area (Å²) in [5.74, 6) is -0.174. The molecule has 0 radical (unpaired) electrons. The normalized spacial score (nSPS) is 11.0. The third kappa shape index (κ3) is 4.64. The first-order valence-corrected chi connectivity index (χ1v) is 10.5. The lowest BCUT2D eigenvalue weighted by atomic mass is 10.1. The highest BCUT2D eigenvalue weighted by molar-refractivity contribution is 7.13. The summed E-state index contributed by atoms with van der Waals surface area (Å²) >= 11 is 1.44. The molecule has 30 heavy (non-hydrogen) atoms. The lowest BCUT2D eigenvalue weighted by molar-refractivity contribution is 0.0946. The van der Waals surface area contributed by atoms with E-state index < -0.39 is 0 Å². The van der Waals surface area contributed by atoms with Crippen molar-refractivity contribution in [2.24, 2.45) is 0 Å². The van der Waals surface area contributed by atoms with Crippen molar-refractivity contribution in [1.29, 1.82) is 0 Å². The van der Waals surface area contributed by atoms with Crippen molar-refractivity contribution < 1.29 is 4.79 Å². The van der Waals surface area contributed by atoms with E-state index in [1.165, 1.54) is 16.9 Å². The molecule has 0 aliphatic carbocycles. The van der Waals surface area contributed by atoms with Gasteiger partial charge in [-0.1, -0.05) is 42.5 Å². The fraction of sp³-hybridized carbons (Fsp3) is 0.174. The molecule has 0 bridgehead atoms. The number of nitrogens with one attached hydrogen (secondary N) is 1. The van der Waals surface area contributed by atoms with E-state index in [4.69, 9.17) is 0 Å². The molecule has 4 aromatic rings. The average Bonchev–Trinajstić information content (AvgIpc) is 3.43. The van der Waals surface area contributed by atoms with Gasteiger partial charge in [-0.05, 0) is 37.4 Å². The molecule has 0 unspecified atom stereocenters. The molecule has 2 aromatic carbocycles. The Morgan fingerprint density at radius 3 is 2.57 bits per heavy atom. The van der Waals surface area contributed by atoms with Gasteiger partial charge in [-0.25, -0.2) is 9.67 Å². The number of benzene rings is 2. The van der Waals surface area contributed by atoms with Gasteiger partial charge in [0.25, 0.3) is 5.91 Å². The molecule has 2 heterocycles. The maximum atomic E-state index is 12.6. The van der Waals surface area contributed by atoms with Gasteiger partial charge in [-0.15, -0.1) is 11.3 Å². The molecule has 152 valence electrons. The van der Waals surface area contributed by atoms with Crippen LogP contribution in [0.4, 0.5) is 0 Å². The highest BCUT2D eigenvalue weighted by Crippen LogP contribution is 2.24. The molecule has 0 fully saturated rings. The van der Waals surface area contributed by atoms with Crippen LogP contribution in [0.25, 0.3) is 16.3 Å². The molecule has 0 spiro atoms. The number of hydrogen-bond acceptors (Lipinski definition) is 5. The number of nitrogens with zero attached hydrogens (tertiary/aromatic N) is 4. The van der Waals surface area contributed by atoms with E-state index in [9.17, 15) is 4.79 Å². The summed E-state index contributed by atoms with van der Waals surface area (Å²) in [4.78, 5) is 19.3. The van der Waals surface area contributed by atoms with Gasteiger partial charge >= 0.3 is 0 Å². The minimum absolute atomic E-state index is 0.174.